The van der Waals surface area contributed by atoms with E-state index in [1.807, 2.05) is 65.6 Å². The molecule has 7 heteroatoms. The van der Waals surface area contributed by atoms with Crippen LogP contribution in [0.5, 0.6) is 0 Å². The molecule has 0 saturated carbocycles. The van der Waals surface area contributed by atoms with Gasteiger partial charge < -0.3 is 19.9 Å². The highest BCUT2D eigenvalue weighted by molar-refractivity contribution is 5.99. The summed E-state index contributed by atoms with van der Waals surface area (Å²) in [6.07, 6.45) is 2.64. The molecule has 1 aliphatic carbocycles. The van der Waals surface area contributed by atoms with E-state index in [1.165, 1.54) is 11.1 Å². The molecule has 1 amide bonds. The highest BCUT2D eigenvalue weighted by Gasteiger charge is 2.32. The van der Waals surface area contributed by atoms with Crippen molar-refractivity contribution in [3.8, 4) is 16.9 Å². The molecule has 1 unspecified atom stereocenters. The molecule has 1 saturated heterocycles. The normalized spacial score (nSPS) is 18.9. The molecule has 1 fully saturated rings. The van der Waals surface area contributed by atoms with E-state index in [0.29, 0.717) is 31.0 Å². The summed E-state index contributed by atoms with van der Waals surface area (Å²) in [6.45, 7) is 1.99. The molecular weight excluding hydrogens is 476 g/mol. The molecule has 6 rings (SSSR count). The van der Waals surface area contributed by atoms with Crippen LogP contribution in [0.1, 0.15) is 39.7 Å². The smallest absolute Gasteiger partial charge is 0.331 e. The van der Waals surface area contributed by atoms with E-state index >= 15 is 0 Å². The first kappa shape index (κ1) is 24.4. The van der Waals surface area contributed by atoms with Crippen LogP contribution in [-0.2, 0) is 17.6 Å². The minimum Gasteiger partial charge on any atom is -0.377 e. The van der Waals surface area contributed by atoms with Crippen molar-refractivity contribution in [3.05, 3.63) is 112 Å². The summed E-state index contributed by atoms with van der Waals surface area (Å²) in [5.74, 6) is -0.155. The zero-order valence-electron chi connectivity index (χ0n) is 21.5. The van der Waals surface area contributed by atoms with Crippen molar-refractivity contribution in [2.45, 2.75) is 31.4 Å². The molecule has 2 aliphatic rings. The van der Waals surface area contributed by atoms with Gasteiger partial charge in [0.15, 0.2) is 0 Å². The average molecular weight is 509 g/mol. The molecule has 1 aliphatic heterocycles. The first-order valence-electron chi connectivity index (χ1n) is 13.3. The Morgan fingerprint density at radius 1 is 1.03 bits per heavy atom. The Bertz CT molecular complexity index is 1490. The Kier molecular flexibility index (Phi) is 6.70. The third kappa shape index (κ3) is 4.48. The number of hydrogen-bond donors (Lipinski definition) is 2. The van der Waals surface area contributed by atoms with Gasteiger partial charge in [0.1, 0.15) is 5.69 Å². The maximum absolute atomic E-state index is 14.2. The van der Waals surface area contributed by atoms with Crippen molar-refractivity contribution >= 4 is 5.91 Å². The minimum absolute atomic E-state index is 0.0143. The molecule has 2 atom stereocenters. The van der Waals surface area contributed by atoms with Crippen molar-refractivity contribution in [3.63, 3.8) is 0 Å². The van der Waals surface area contributed by atoms with Crippen LogP contribution < -0.4 is 11.0 Å². The van der Waals surface area contributed by atoms with Crippen LogP contribution in [0.2, 0.25) is 0 Å². The molecule has 38 heavy (non-hydrogen) atoms. The Labute approximate surface area is 222 Å². The van der Waals surface area contributed by atoms with Gasteiger partial charge in [-0.3, -0.25) is 9.36 Å². The van der Waals surface area contributed by atoms with E-state index in [4.69, 9.17) is 4.74 Å². The lowest BCUT2D eigenvalue weighted by molar-refractivity contribution is 0.0631. The Hall–Kier alpha value is -3.94. The van der Waals surface area contributed by atoms with E-state index in [2.05, 4.69) is 28.5 Å². The van der Waals surface area contributed by atoms with E-state index in [1.54, 1.807) is 11.7 Å². The molecule has 4 aromatic rings. The summed E-state index contributed by atoms with van der Waals surface area (Å²) in [6, 6.07) is 26.0. The van der Waals surface area contributed by atoms with Crippen molar-refractivity contribution in [1.82, 2.24) is 19.8 Å². The number of methoxy groups -OCH3 is 1. The number of hydrogen-bond acceptors (Lipinski definition) is 4. The number of amides is 1. The number of benzene rings is 3. The summed E-state index contributed by atoms with van der Waals surface area (Å²) < 4.78 is 7.34. The second-order valence-corrected chi connectivity index (χ2v) is 10.0. The van der Waals surface area contributed by atoms with E-state index < -0.39 is 0 Å². The molecule has 0 radical (unpaired) electrons. The third-order valence-electron chi connectivity index (χ3n) is 7.78. The third-order valence-corrected chi connectivity index (χ3v) is 7.78. The van der Waals surface area contributed by atoms with Crippen LogP contribution in [0, 0.1) is 0 Å². The summed E-state index contributed by atoms with van der Waals surface area (Å²) >= 11 is 0. The standard InChI is InChI=1S/C31H32N4O3/c1-38-27-15-13-22-12-14-24(19-26(22)27)35-29(23-10-6-3-7-11-23)28(33-31(35)37)30(36)34-17-16-32-20-25(34)18-21-8-4-2-5-9-21/h2-12,14,19,25,27,32H,13,15-18,20H2,1H3,(H,33,37)/t25-,27?/m1/s1. The number of ether oxygens (including phenoxy) is 1. The first-order valence-corrected chi connectivity index (χ1v) is 13.3. The van der Waals surface area contributed by atoms with Gasteiger partial charge in [-0.05, 0) is 48.1 Å². The van der Waals surface area contributed by atoms with Crippen LogP contribution >= 0.6 is 0 Å². The molecule has 0 spiro atoms. The van der Waals surface area contributed by atoms with Crippen molar-refractivity contribution in [2.75, 3.05) is 26.7 Å². The maximum Gasteiger partial charge on any atom is 0.331 e. The van der Waals surface area contributed by atoms with Crippen LogP contribution in [0.4, 0.5) is 0 Å². The average Bonchev–Trinajstić information content (AvgIpc) is 3.54. The SMILES string of the molecule is COC1CCc2ccc(-n3c(-c4ccccc4)c(C(=O)N4CCNC[C@H]4Cc4ccccc4)[nH]c3=O)cc21. The summed E-state index contributed by atoms with van der Waals surface area (Å²) in [7, 11) is 1.72. The summed E-state index contributed by atoms with van der Waals surface area (Å²) in [5, 5.41) is 3.43. The van der Waals surface area contributed by atoms with Gasteiger partial charge >= 0.3 is 5.69 Å². The lowest BCUT2D eigenvalue weighted by Gasteiger charge is -2.36. The lowest BCUT2D eigenvalue weighted by atomic mass is 10.0. The molecule has 2 N–H and O–H groups in total. The lowest BCUT2D eigenvalue weighted by Crippen LogP contribution is -2.54. The van der Waals surface area contributed by atoms with Gasteiger partial charge in [-0.1, -0.05) is 66.7 Å². The minimum atomic E-state index is -0.325. The molecule has 3 aromatic carbocycles. The molecule has 0 bridgehead atoms. The van der Waals surface area contributed by atoms with Crippen LogP contribution in [-0.4, -0.2) is 53.1 Å². The van der Waals surface area contributed by atoms with Gasteiger partial charge in [-0.15, -0.1) is 0 Å². The number of aryl methyl sites for hydroxylation is 1. The van der Waals surface area contributed by atoms with Crippen molar-refractivity contribution in [2.24, 2.45) is 0 Å². The van der Waals surface area contributed by atoms with Gasteiger partial charge in [0.2, 0.25) is 0 Å². The number of nitrogens with zero attached hydrogens (tertiary/aromatic N) is 2. The summed E-state index contributed by atoms with van der Waals surface area (Å²) in [5.41, 5.74) is 5.66. The van der Waals surface area contributed by atoms with E-state index in [0.717, 1.165) is 36.1 Å². The highest BCUT2D eigenvalue weighted by atomic mass is 16.5. The Balaban J connectivity index is 1.44. The zero-order valence-corrected chi connectivity index (χ0v) is 21.5. The number of carbonyl (C=O) groups is 1. The van der Waals surface area contributed by atoms with Crippen LogP contribution in [0.15, 0.2) is 83.7 Å². The Morgan fingerprint density at radius 3 is 2.55 bits per heavy atom. The fourth-order valence-electron chi connectivity index (χ4n) is 5.88. The number of H-pyrrole nitrogens is 1. The first-order chi connectivity index (χ1) is 18.6. The molecule has 1 aromatic heterocycles. The van der Waals surface area contributed by atoms with Crippen LogP contribution in [0.3, 0.4) is 0 Å². The fraction of sp³-hybridized carbons (Fsp3) is 0.290. The fourth-order valence-corrected chi connectivity index (χ4v) is 5.88. The number of fused-ring (bicyclic) bond motifs is 1. The molecule has 7 nitrogen and oxygen atoms in total. The number of piperazine rings is 1. The number of nitrogens with one attached hydrogen (secondary N) is 2. The van der Waals surface area contributed by atoms with Gasteiger partial charge in [-0.2, -0.15) is 0 Å². The molecular formula is C31H32N4O3. The van der Waals surface area contributed by atoms with Crippen LogP contribution in [0.25, 0.3) is 16.9 Å². The topological polar surface area (TPSA) is 79.4 Å². The highest BCUT2D eigenvalue weighted by Crippen LogP contribution is 2.36. The number of aromatic nitrogens is 2. The second kappa shape index (κ2) is 10.4. The van der Waals surface area contributed by atoms with Gasteiger partial charge in [-0.25, -0.2) is 4.79 Å². The number of imidazole rings is 1. The summed E-state index contributed by atoms with van der Waals surface area (Å²) in [4.78, 5) is 32.6. The van der Waals surface area contributed by atoms with Crippen molar-refractivity contribution in [1.29, 1.82) is 0 Å². The number of rotatable bonds is 6. The molecule has 194 valence electrons. The van der Waals surface area contributed by atoms with Gasteiger partial charge in [0.05, 0.1) is 17.5 Å². The number of carbonyl (C=O) groups excluding carboxylic acids is 1. The second-order valence-electron chi connectivity index (χ2n) is 10.0. The predicted molar refractivity (Wildman–Crippen MR) is 148 cm³/mol. The van der Waals surface area contributed by atoms with E-state index in [-0.39, 0.29) is 23.7 Å². The Morgan fingerprint density at radius 2 is 1.79 bits per heavy atom. The maximum atomic E-state index is 14.2. The predicted octanol–water partition coefficient (Wildman–Crippen LogP) is 4.12. The largest absolute Gasteiger partial charge is 0.377 e. The monoisotopic (exact) mass is 508 g/mol. The van der Waals surface area contributed by atoms with Gasteiger partial charge in [0, 0.05) is 38.3 Å². The quantitative estimate of drug-likeness (QED) is 0.411. The van der Waals surface area contributed by atoms with Crippen molar-refractivity contribution < 1.29 is 9.53 Å². The van der Waals surface area contributed by atoms with Gasteiger partial charge in [0.25, 0.3) is 5.91 Å². The van der Waals surface area contributed by atoms with E-state index in [9.17, 15) is 9.59 Å². The number of aromatic amines is 1. The molecule has 2 heterocycles. The zero-order chi connectivity index (χ0) is 26.1.